The lowest BCUT2D eigenvalue weighted by atomic mass is 10.1. The van der Waals surface area contributed by atoms with Crippen LogP contribution in [-0.2, 0) is 16.6 Å². The van der Waals surface area contributed by atoms with Crippen molar-refractivity contribution in [2.24, 2.45) is 0 Å². The van der Waals surface area contributed by atoms with Crippen LogP contribution in [0.4, 0.5) is 11.5 Å². The van der Waals surface area contributed by atoms with E-state index in [2.05, 4.69) is 46.2 Å². The van der Waals surface area contributed by atoms with E-state index in [1.54, 1.807) is 36.4 Å². The SMILES string of the molecule is Cc1ccc(CNc2ccc(NS(=O)(=O)c3ccc(C)cc3)cn2)cc1. The fourth-order valence-corrected chi connectivity index (χ4v) is 3.43. The van der Waals surface area contributed by atoms with Crippen molar-refractivity contribution < 1.29 is 8.42 Å². The maximum atomic E-state index is 12.4. The number of benzene rings is 2. The predicted molar refractivity (Wildman–Crippen MR) is 105 cm³/mol. The monoisotopic (exact) mass is 367 g/mol. The van der Waals surface area contributed by atoms with Gasteiger partial charge in [-0.25, -0.2) is 13.4 Å². The largest absolute Gasteiger partial charge is 0.366 e. The van der Waals surface area contributed by atoms with Gasteiger partial charge in [-0.05, 0) is 43.7 Å². The van der Waals surface area contributed by atoms with Gasteiger partial charge in [-0.1, -0.05) is 47.5 Å². The average Bonchev–Trinajstić information content (AvgIpc) is 2.62. The molecular formula is C20H21N3O2S. The summed E-state index contributed by atoms with van der Waals surface area (Å²) in [6, 6.07) is 18.4. The van der Waals surface area contributed by atoms with E-state index in [9.17, 15) is 8.42 Å². The zero-order valence-corrected chi connectivity index (χ0v) is 15.5. The van der Waals surface area contributed by atoms with E-state index >= 15 is 0 Å². The molecular weight excluding hydrogens is 346 g/mol. The first-order valence-electron chi connectivity index (χ1n) is 8.27. The van der Waals surface area contributed by atoms with Crippen LogP contribution in [0.25, 0.3) is 0 Å². The molecule has 0 aliphatic carbocycles. The molecule has 0 amide bonds. The molecule has 134 valence electrons. The highest BCUT2D eigenvalue weighted by Gasteiger charge is 2.13. The molecule has 1 aromatic heterocycles. The van der Waals surface area contributed by atoms with Gasteiger partial charge in [0.25, 0.3) is 10.0 Å². The number of hydrogen-bond donors (Lipinski definition) is 2. The van der Waals surface area contributed by atoms with E-state index in [1.807, 2.05) is 6.92 Å². The van der Waals surface area contributed by atoms with E-state index in [0.29, 0.717) is 18.1 Å². The van der Waals surface area contributed by atoms with Crippen LogP contribution in [-0.4, -0.2) is 13.4 Å². The van der Waals surface area contributed by atoms with Crippen molar-refractivity contribution in [2.75, 3.05) is 10.0 Å². The van der Waals surface area contributed by atoms with E-state index in [0.717, 1.165) is 11.1 Å². The van der Waals surface area contributed by atoms with E-state index in [4.69, 9.17) is 0 Å². The Kier molecular flexibility index (Phi) is 5.23. The van der Waals surface area contributed by atoms with Gasteiger partial charge in [-0.15, -0.1) is 0 Å². The van der Waals surface area contributed by atoms with Crippen molar-refractivity contribution in [1.82, 2.24) is 4.98 Å². The van der Waals surface area contributed by atoms with E-state index in [-0.39, 0.29) is 4.90 Å². The van der Waals surface area contributed by atoms with Crippen molar-refractivity contribution in [3.63, 3.8) is 0 Å². The summed E-state index contributed by atoms with van der Waals surface area (Å²) in [4.78, 5) is 4.49. The molecule has 0 atom stereocenters. The Bertz CT molecular complexity index is 965. The summed E-state index contributed by atoms with van der Waals surface area (Å²) in [5, 5.41) is 3.22. The molecule has 0 saturated carbocycles. The number of aryl methyl sites for hydroxylation is 2. The van der Waals surface area contributed by atoms with Gasteiger partial charge < -0.3 is 5.32 Å². The van der Waals surface area contributed by atoms with Gasteiger partial charge in [-0.3, -0.25) is 4.72 Å². The van der Waals surface area contributed by atoms with Crippen LogP contribution in [0.15, 0.2) is 71.8 Å². The standard InChI is InChI=1S/C20H21N3O2S/c1-15-3-7-17(8-4-15)13-21-20-12-9-18(14-22-20)23-26(24,25)19-10-5-16(2)6-11-19/h3-12,14,23H,13H2,1-2H3,(H,21,22). The molecule has 0 aliphatic rings. The Hall–Kier alpha value is -2.86. The molecule has 6 heteroatoms. The van der Waals surface area contributed by atoms with Gasteiger partial charge in [0.2, 0.25) is 0 Å². The van der Waals surface area contributed by atoms with Crippen molar-refractivity contribution >= 4 is 21.5 Å². The lowest BCUT2D eigenvalue weighted by molar-refractivity contribution is 0.601. The number of pyridine rings is 1. The summed E-state index contributed by atoms with van der Waals surface area (Å²) < 4.78 is 27.3. The molecule has 0 fully saturated rings. The minimum Gasteiger partial charge on any atom is -0.366 e. The Labute approximate surface area is 154 Å². The molecule has 26 heavy (non-hydrogen) atoms. The van der Waals surface area contributed by atoms with Gasteiger partial charge in [0, 0.05) is 6.54 Å². The van der Waals surface area contributed by atoms with Crippen molar-refractivity contribution in [1.29, 1.82) is 0 Å². The van der Waals surface area contributed by atoms with Crippen molar-refractivity contribution in [2.45, 2.75) is 25.3 Å². The summed E-state index contributed by atoms with van der Waals surface area (Å²) in [6.07, 6.45) is 1.50. The lowest BCUT2D eigenvalue weighted by Crippen LogP contribution is -2.13. The average molecular weight is 367 g/mol. The Morgan fingerprint density at radius 2 is 1.46 bits per heavy atom. The number of hydrogen-bond acceptors (Lipinski definition) is 4. The van der Waals surface area contributed by atoms with Gasteiger partial charge in [0.15, 0.2) is 0 Å². The third-order valence-corrected chi connectivity index (χ3v) is 5.34. The molecule has 5 nitrogen and oxygen atoms in total. The second-order valence-corrected chi connectivity index (χ2v) is 7.87. The highest BCUT2D eigenvalue weighted by atomic mass is 32.2. The molecule has 2 aromatic carbocycles. The zero-order valence-electron chi connectivity index (χ0n) is 14.7. The predicted octanol–water partition coefficient (Wildman–Crippen LogP) is 4.11. The summed E-state index contributed by atoms with van der Waals surface area (Å²) in [7, 11) is -3.61. The normalized spacial score (nSPS) is 11.2. The van der Waals surface area contributed by atoms with Gasteiger partial charge in [0.05, 0.1) is 16.8 Å². The lowest BCUT2D eigenvalue weighted by Gasteiger charge is -2.10. The first-order valence-corrected chi connectivity index (χ1v) is 9.76. The number of aromatic nitrogens is 1. The minimum atomic E-state index is -3.61. The van der Waals surface area contributed by atoms with Crippen LogP contribution in [0, 0.1) is 13.8 Å². The molecule has 3 rings (SSSR count). The molecule has 3 aromatic rings. The highest BCUT2D eigenvalue weighted by molar-refractivity contribution is 7.92. The Morgan fingerprint density at radius 1 is 0.846 bits per heavy atom. The van der Waals surface area contributed by atoms with Gasteiger partial charge in [-0.2, -0.15) is 0 Å². The summed E-state index contributed by atoms with van der Waals surface area (Å²) in [5.74, 6) is 0.684. The quantitative estimate of drug-likeness (QED) is 0.688. The van der Waals surface area contributed by atoms with Crippen molar-refractivity contribution in [3.05, 3.63) is 83.6 Å². The fourth-order valence-electron chi connectivity index (χ4n) is 2.39. The molecule has 1 heterocycles. The van der Waals surface area contributed by atoms with E-state index in [1.165, 1.54) is 11.8 Å². The smallest absolute Gasteiger partial charge is 0.261 e. The van der Waals surface area contributed by atoms with E-state index < -0.39 is 10.0 Å². The molecule has 2 N–H and O–H groups in total. The maximum absolute atomic E-state index is 12.4. The Balaban J connectivity index is 1.63. The minimum absolute atomic E-state index is 0.227. The van der Waals surface area contributed by atoms with Crippen LogP contribution in [0.3, 0.4) is 0 Å². The zero-order chi connectivity index (χ0) is 18.6. The molecule has 0 spiro atoms. The molecule has 0 saturated heterocycles. The van der Waals surface area contributed by atoms with Crippen LogP contribution in [0.1, 0.15) is 16.7 Å². The summed E-state index contributed by atoms with van der Waals surface area (Å²) >= 11 is 0. The van der Waals surface area contributed by atoms with Crippen LogP contribution in [0.5, 0.6) is 0 Å². The van der Waals surface area contributed by atoms with Crippen LogP contribution >= 0.6 is 0 Å². The molecule has 0 bridgehead atoms. The summed E-state index contributed by atoms with van der Waals surface area (Å²) in [6.45, 7) is 4.62. The second-order valence-electron chi connectivity index (χ2n) is 6.19. The third kappa shape index (κ3) is 4.61. The van der Waals surface area contributed by atoms with Gasteiger partial charge in [0.1, 0.15) is 5.82 Å². The first-order chi connectivity index (χ1) is 12.4. The molecule has 0 radical (unpaired) electrons. The third-order valence-electron chi connectivity index (χ3n) is 3.94. The van der Waals surface area contributed by atoms with Crippen molar-refractivity contribution in [3.8, 4) is 0 Å². The number of nitrogens with one attached hydrogen (secondary N) is 2. The highest BCUT2D eigenvalue weighted by Crippen LogP contribution is 2.17. The number of sulfonamides is 1. The fraction of sp³-hybridized carbons (Fsp3) is 0.150. The first kappa shape index (κ1) is 17.9. The van der Waals surface area contributed by atoms with Crippen LogP contribution in [0.2, 0.25) is 0 Å². The number of rotatable bonds is 6. The molecule has 0 aliphatic heterocycles. The van der Waals surface area contributed by atoms with Crippen LogP contribution < -0.4 is 10.0 Å². The molecule has 0 unspecified atom stereocenters. The summed E-state index contributed by atoms with van der Waals surface area (Å²) in [5.41, 5.74) is 3.81. The maximum Gasteiger partial charge on any atom is 0.261 e. The number of nitrogens with zero attached hydrogens (tertiary/aromatic N) is 1. The second kappa shape index (κ2) is 7.58. The topological polar surface area (TPSA) is 71.1 Å². The number of anilines is 2. The Morgan fingerprint density at radius 3 is 2.04 bits per heavy atom. The van der Waals surface area contributed by atoms with Gasteiger partial charge >= 0.3 is 0 Å².